The summed E-state index contributed by atoms with van der Waals surface area (Å²) in [5.41, 5.74) is 1.35. The zero-order valence-electron chi connectivity index (χ0n) is 10.8. The molecule has 1 saturated heterocycles. The highest BCUT2D eigenvalue weighted by molar-refractivity contribution is 5.05. The number of pyridine rings is 1. The normalized spacial score (nSPS) is 24.1. The molecule has 3 heteroatoms. The summed E-state index contributed by atoms with van der Waals surface area (Å²) >= 11 is 0. The summed E-state index contributed by atoms with van der Waals surface area (Å²) in [6, 6.07) is 6.07. The van der Waals surface area contributed by atoms with Crippen LogP contribution in [0.15, 0.2) is 24.4 Å². The highest BCUT2D eigenvalue weighted by Gasteiger charge is 2.37. The van der Waals surface area contributed by atoms with Crippen LogP contribution < -0.4 is 0 Å². The van der Waals surface area contributed by atoms with Gasteiger partial charge in [0.2, 0.25) is 0 Å². The minimum atomic E-state index is 0.220. The van der Waals surface area contributed by atoms with Gasteiger partial charge in [-0.2, -0.15) is 0 Å². The molecule has 1 N–H and O–H groups in total. The maximum Gasteiger partial charge on any atom is 0.0544 e. The Kier molecular flexibility index (Phi) is 3.79. The monoisotopic (exact) mass is 234 g/mol. The molecule has 0 aromatic carbocycles. The lowest BCUT2D eigenvalue weighted by Crippen LogP contribution is -2.37. The van der Waals surface area contributed by atoms with E-state index >= 15 is 0 Å². The molecule has 1 atom stereocenters. The molecule has 1 aliphatic heterocycles. The second-order valence-electron chi connectivity index (χ2n) is 5.60. The molecule has 0 spiro atoms. The summed E-state index contributed by atoms with van der Waals surface area (Å²) in [7, 11) is 0. The van der Waals surface area contributed by atoms with E-state index < -0.39 is 0 Å². The Balaban J connectivity index is 2.01. The van der Waals surface area contributed by atoms with Gasteiger partial charge in [0.25, 0.3) is 0 Å². The minimum Gasteiger partial charge on any atom is -0.396 e. The summed E-state index contributed by atoms with van der Waals surface area (Å²) in [5, 5.41) is 9.04. The highest BCUT2D eigenvalue weighted by atomic mass is 16.3. The van der Waals surface area contributed by atoms with Crippen LogP contribution in [0.1, 0.15) is 32.4 Å². The molecule has 0 aliphatic carbocycles. The second-order valence-corrected chi connectivity index (χ2v) is 5.60. The summed E-state index contributed by atoms with van der Waals surface area (Å²) in [6.07, 6.45) is 3.94. The Hall–Kier alpha value is -0.930. The first-order valence-corrected chi connectivity index (χ1v) is 6.37. The van der Waals surface area contributed by atoms with Crippen LogP contribution in [0.25, 0.3) is 0 Å². The zero-order chi connectivity index (χ0) is 12.3. The van der Waals surface area contributed by atoms with Crippen molar-refractivity contribution in [3.63, 3.8) is 0 Å². The van der Waals surface area contributed by atoms with E-state index in [2.05, 4.69) is 29.8 Å². The Bertz CT molecular complexity index is 350. The van der Waals surface area contributed by atoms with E-state index in [4.69, 9.17) is 5.11 Å². The number of hydrogen-bond acceptors (Lipinski definition) is 3. The highest BCUT2D eigenvalue weighted by Crippen LogP contribution is 2.34. The smallest absolute Gasteiger partial charge is 0.0544 e. The Morgan fingerprint density at radius 3 is 2.94 bits per heavy atom. The maximum atomic E-state index is 9.04. The number of hydrogen-bond donors (Lipinski definition) is 1. The van der Waals surface area contributed by atoms with Crippen LogP contribution >= 0.6 is 0 Å². The van der Waals surface area contributed by atoms with Crippen molar-refractivity contribution in [3.8, 4) is 0 Å². The molecule has 2 heterocycles. The lowest BCUT2D eigenvalue weighted by molar-refractivity contribution is 0.163. The first kappa shape index (κ1) is 12.5. The van der Waals surface area contributed by atoms with E-state index in [1.807, 2.05) is 18.3 Å². The third-order valence-corrected chi connectivity index (χ3v) is 3.74. The molecule has 1 unspecified atom stereocenters. The molecular weight excluding hydrogens is 212 g/mol. The van der Waals surface area contributed by atoms with Crippen molar-refractivity contribution in [1.82, 2.24) is 9.88 Å². The number of nitrogens with zero attached hydrogens (tertiary/aromatic N) is 2. The SMILES string of the molecule is CC1(C)CC(CCO)CN1Cc1ccccn1. The lowest BCUT2D eigenvalue weighted by atomic mass is 9.94. The fraction of sp³-hybridized carbons (Fsp3) is 0.643. The standard InChI is InChI=1S/C14H22N2O/c1-14(2)9-12(6-8-17)10-16(14)11-13-5-3-4-7-15-13/h3-5,7,12,17H,6,8-11H2,1-2H3. The summed E-state index contributed by atoms with van der Waals surface area (Å²) in [6.45, 7) is 6.86. The molecule has 0 saturated carbocycles. The topological polar surface area (TPSA) is 36.4 Å². The van der Waals surface area contributed by atoms with Crippen molar-refractivity contribution >= 4 is 0 Å². The van der Waals surface area contributed by atoms with Crippen molar-refractivity contribution in [2.24, 2.45) is 5.92 Å². The summed E-state index contributed by atoms with van der Waals surface area (Å²) in [5.74, 6) is 0.624. The van der Waals surface area contributed by atoms with E-state index in [0.29, 0.717) is 12.5 Å². The summed E-state index contributed by atoms with van der Waals surface area (Å²) < 4.78 is 0. The molecule has 0 radical (unpaired) electrons. The van der Waals surface area contributed by atoms with Crippen molar-refractivity contribution in [1.29, 1.82) is 0 Å². The largest absolute Gasteiger partial charge is 0.396 e. The number of aromatic nitrogens is 1. The maximum absolute atomic E-state index is 9.04. The van der Waals surface area contributed by atoms with Crippen LogP contribution in [0.2, 0.25) is 0 Å². The van der Waals surface area contributed by atoms with Crippen LogP contribution in [0, 0.1) is 5.92 Å². The van der Waals surface area contributed by atoms with Crippen LogP contribution in [-0.2, 0) is 6.54 Å². The Morgan fingerprint density at radius 2 is 2.29 bits per heavy atom. The van der Waals surface area contributed by atoms with Crippen LogP contribution in [0.5, 0.6) is 0 Å². The Morgan fingerprint density at radius 1 is 1.47 bits per heavy atom. The van der Waals surface area contributed by atoms with Gasteiger partial charge in [0, 0.05) is 31.4 Å². The molecular formula is C14H22N2O. The first-order chi connectivity index (χ1) is 8.12. The lowest BCUT2D eigenvalue weighted by Gasteiger charge is -2.31. The quantitative estimate of drug-likeness (QED) is 0.866. The first-order valence-electron chi connectivity index (χ1n) is 6.37. The third-order valence-electron chi connectivity index (χ3n) is 3.74. The van der Waals surface area contributed by atoms with E-state index in [0.717, 1.165) is 25.2 Å². The molecule has 94 valence electrons. The van der Waals surface area contributed by atoms with Crippen molar-refractivity contribution in [2.45, 2.75) is 38.8 Å². The van der Waals surface area contributed by atoms with Crippen LogP contribution in [0.4, 0.5) is 0 Å². The molecule has 0 bridgehead atoms. The molecule has 0 amide bonds. The molecule has 1 aromatic rings. The molecule has 3 nitrogen and oxygen atoms in total. The van der Waals surface area contributed by atoms with Gasteiger partial charge in [-0.3, -0.25) is 9.88 Å². The van der Waals surface area contributed by atoms with Gasteiger partial charge in [0.1, 0.15) is 0 Å². The molecule has 2 rings (SSSR count). The second kappa shape index (κ2) is 5.15. The number of likely N-dealkylation sites (tertiary alicyclic amines) is 1. The number of rotatable bonds is 4. The van der Waals surface area contributed by atoms with Crippen LogP contribution in [0.3, 0.4) is 0 Å². The van der Waals surface area contributed by atoms with Gasteiger partial charge in [-0.05, 0) is 44.7 Å². The van der Waals surface area contributed by atoms with Gasteiger partial charge < -0.3 is 5.11 Å². The van der Waals surface area contributed by atoms with Crippen LogP contribution in [-0.4, -0.2) is 33.7 Å². The van der Waals surface area contributed by atoms with Gasteiger partial charge in [-0.25, -0.2) is 0 Å². The van der Waals surface area contributed by atoms with Crippen molar-refractivity contribution < 1.29 is 5.11 Å². The Labute approximate surface area is 103 Å². The average molecular weight is 234 g/mol. The predicted molar refractivity (Wildman–Crippen MR) is 68.5 cm³/mol. The van der Waals surface area contributed by atoms with Gasteiger partial charge in [-0.15, -0.1) is 0 Å². The number of aliphatic hydroxyl groups is 1. The molecule has 1 aliphatic rings. The van der Waals surface area contributed by atoms with Gasteiger partial charge >= 0.3 is 0 Å². The third kappa shape index (κ3) is 3.05. The fourth-order valence-corrected chi connectivity index (χ4v) is 2.80. The molecule has 17 heavy (non-hydrogen) atoms. The summed E-state index contributed by atoms with van der Waals surface area (Å²) in [4.78, 5) is 6.87. The van der Waals surface area contributed by atoms with E-state index in [1.165, 1.54) is 6.42 Å². The van der Waals surface area contributed by atoms with E-state index in [-0.39, 0.29) is 5.54 Å². The minimum absolute atomic E-state index is 0.220. The van der Waals surface area contributed by atoms with Gasteiger partial charge in [-0.1, -0.05) is 6.07 Å². The van der Waals surface area contributed by atoms with Gasteiger partial charge in [0.15, 0.2) is 0 Å². The predicted octanol–water partition coefficient (Wildman–Crippen LogP) is 2.06. The molecule has 1 fully saturated rings. The fourth-order valence-electron chi connectivity index (χ4n) is 2.80. The van der Waals surface area contributed by atoms with Crippen molar-refractivity contribution in [3.05, 3.63) is 30.1 Å². The molecule has 1 aromatic heterocycles. The average Bonchev–Trinajstić information content (AvgIpc) is 2.55. The van der Waals surface area contributed by atoms with E-state index in [9.17, 15) is 0 Å². The van der Waals surface area contributed by atoms with E-state index in [1.54, 1.807) is 0 Å². The number of aliphatic hydroxyl groups excluding tert-OH is 1. The van der Waals surface area contributed by atoms with Gasteiger partial charge in [0.05, 0.1) is 5.69 Å². The van der Waals surface area contributed by atoms with Crippen molar-refractivity contribution in [2.75, 3.05) is 13.2 Å². The zero-order valence-corrected chi connectivity index (χ0v) is 10.8.